The maximum atomic E-state index is 4.16. The molecule has 0 unspecified atom stereocenters. The summed E-state index contributed by atoms with van der Waals surface area (Å²) in [6.45, 7) is 16.7. The van der Waals surface area contributed by atoms with E-state index in [2.05, 4.69) is 141 Å². The zero-order valence-corrected chi connectivity index (χ0v) is 25.1. The molecule has 6 rings (SSSR count). The summed E-state index contributed by atoms with van der Waals surface area (Å²) < 4.78 is 4.73. The number of benzene rings is 3. The van der Waals surface area contributed by atoms with Gasteiger partial charge in [-0.2, -0.15) is 0 Å². The van der Waals surface area contributed by atoms with Crippen molar-refractivity contribution in [1.29, 1.82) is 0 Å². The molecule has 208 valence electrons. The molecule has 0 aliphatic heterocycles. The van der Waals surface area contributed by atoms with Crippen molar-refractivity contribution < 1.29 is 0 Å². The van der Waals surface area contributed by atoms with Crippen LogP contribution in [-0.4, -0.2) is 9.13 Å². The predicted molar refractivity (Wildman–Crippen MR) is 184 cm³/mol. The Balaban J connectivity index is 1.44. The molecule has 42 heavy (non-hydrogen) atoms. The number of aromatic nitrogens is 2. The lowest BCUT2D eigenvalue weighted by atomic mass is 9.95. The van der Waals surface area contributed by atoms with Gasteiger partial charge in [0.15, 0.2) is 0 Å². The maximum absolute atomic E-state index is 4.16. The first kappa shape index (κ1) is 27.4. The average Bonchev–Trinajstić information content (AvgIpc) is 3.48. The zero-order valence-electron chi connectivity index (χ0n) is 25.1. The van der Waals surface area contributed by atoms with Crippen LogP contribution in [0.5, 0.6) is 0 Å². The van der Waals surface area contributed by atoms with Crippen molar-refractivity contribution in [1.82, 2.24) is 9.13 Å². The number of para-hydroxylation sites is 1. The van der Waals surface area contributed by atoms with Crippen molar-refractivity contribution in [2.75, 3.05) is 0 Å². The highest BCUT2D eigenvalue weighted by molar-refractivity contribution is 5.91. The molecule has 3 aromatic carbocycles. The van der Waals surface area contributed by atoms with Gasteiger partial charge in [-0.3, -0.25) is 0 Å². The Hall–Kier alpha value is -4.82. The number of hydrogen-bond donors (Lipinski definition) is 0. The minimum absolute atomic E-state index is 1.10. The van der Waals surface area contributed by atoms with E-state index in [0.717, 1.165) is 29.9 Å². The van der Waals surface area contributed by atoms with E-state index in [-0.39, 0.29) is 0 Å². The molecule has 0 spiro atoms. The second-order valence-corrected chi connectivity index (χ2v) is 11.1. The first-order chi connectivity index (χ1) is 20.5. The third kappa shape index (κ3) is 4.44. The second kappa shape index (κ2) is 11.2. The van der Waals surface area contributed by atoms with Crippen LogP contribution in [0, 0.1) is 20.8 Å². The van der Waals surface area contributed by atoms with Crippen molar-refractivity contribution in [3.63, 3.8) is 0 Å². The van der Waals surface area contributed by atoms with Crippen LogP contribution >= 0.6 is 0 Å². The predicted octanol–water partition coefficient (Wildman–Crippen LogP) is 10.8. The number of nitrogens with zero attached hydrogens (tertiary/aromatic N) is 2. The fraction of sp³-hybridized carbons (Fsp3) is 0.150. The average molecular weight is 547 g/mol. The number of hydrogen-bond acceptors (Lipinski definition) is 0. The van der Waals surface area contributed by atoms with E-state index in [1.54, 1.807) is 0 Å². The van der Waals surface area contributed by atoms with Gasteiger partial charge in [0.2, 0.25) is 0 Å². The summed E-state index contributed by atoms with van der Waals surface area (Å²) in [5, 5.41) is 1.36. The van der Waals surface area contributed by atoms with Gasteiger partial charge in [0, 0.05) is 33.7 Å². The van der Waals surface area contributed by atoms with E-state index < -0.39 is 0 Å². The molecule has 2 nitrogen and oxygen atoms in total. The normalized spacial score (nSPS) is 13.0. The maximum Gasteiger partial charge on any atom is 0.0537 e. The summed E-state index contributed by atoms with van der Waals surface area (Å²) in [6, 6.07) is 22.5. The van der Waals surface area contributed by atoms with Crippen molar-refractivity contribution in [3.8, 4) is 22.5 Å². The summed E-state index contributed by atoms with van der Waals surface area (Å²) in [4.78, 5) is 0. The van der Waals surface area contributed by atoms with E-state index in [1.165, 1.54) is 61.2 Å². The molecule has 0 atom stereocenters. The zero-order chi connectivity index (χ0) is 29.4. The van der Waals surface area contributed by atoms with Crippen LogP contribution in [0.4, 0.5) is 0 Å². The molecule has 2 aromatic heterocycles. The number of rotatable bonds is 7. The molecule has 0 radical (unpaired) electrons. The number of allylic oxidation sites excluding steroid dienone is 4. The monoisotopic (exact) mass is 546 g/mol. The third-order valence-electron chi connectivity index (χ3n) is 8.55. The van der Waals surface area contributed by atoms with Gasteiger partial charge in [-0.15, -0.1) is 0 Å². The molecular weight excluding hydrogens is 508 g/mol. The van der Waals surface area contributed by atoms with Crippen LogP contribution < -0.4 is 0 Å². The van der Waals surface area contributed by atoms with Crippen LogP contribution in [0.2, 0.25) is 0 Å². The van der Waals surface area contributed by atoms with Gasteiger partial charge in [-0.05, 0) is 122 Å². The topological polar surface area (TPSA) is 9.86 Å². The van der Waals surface area contributed by atoms with Crippen molar-refractivity contribution >= 4 is 35.2 Å². The van der Waals surface area contributed by atoms with Crippen LogP contribution in [0.3, 0.4) is 0 Å². The van der Waals surface area contributed by atoms with Crippen LogP contribution in [-0.2, 0) is 6.42 Å². The molecular formula is C40H38N2. The van der Waals surface area contributed by atoms with Crippen LogP contribution in [0.1, 0.15) is 58.2 Å². The van der Waals surface area contributed by atoms with Gasteiger partial charge in [0.05, 0.1) is 11.2 Å². The molecule has 0 fully saturated rings. The lowest BCUT2D eigenvalue weighted by molar-refractivity contribution is 0.967. The van der Waals surface area contributed by atoms with Crippen LogP contribution in [0.25, 0.3) is 57.7 Å². The standard InChI is InChI=1S/C40H38N2/c1-7-10-18-38-29(6)34(15-8-2)37(9-3)41(38)30-21-23-32(27(4)25-30)33-24-22-31(26-28(33)5)42-39-19-13-11-16-35(39)36-17-12-14-20-40(36)42/h7-11,13-16,18-26H,1,3,12,17H2,2,4-6H3/b15-8-,18-10-. The first-order valence-electron chi connectivity index (χ1n) is 14.8. The summed E-state index contributed by atoms with van der Waals surface area (Å²) in [7, 11) is 0. The Kier molecular flexibility index (Phi) is 7.31. The second-order valence-electron chi connectivity index (χ2n) is 11.1. The largest absolute Gasteiger partial charge is 0.310 e. The van der Waals surface area contributed by atoms with Gasteiger partial charge in [0.1, 0.15) is 0 Å². The van der Waals surface area contributed by atoms with Gasteiger partial charge in [0.25, 0.3) is 0 Å². The molecule has 2 heterocycles. The molecule has 0 amide bonds. The van der Waals surface area contributed by atoms with Gasteiger partial charge < -0.3 is 9.13 Å². The summed E-state index contributed by atoms with van der Waals surface area (Å²) in [5.74, 6) is 0. The minimum Gasteiger partial charge on any atom is -0.310 e. The van der Waals surface area contributed by atoms with Gasteiger partial charge >= 0.3 is 0 Å². The van der Waals surface area contributed by atoms with Gasteiger partial charge in [-0.25, -0.2) is 0 Å². The Morgan fingerprint density at radius 1 is 0.786 bits per heavy atom. The lowest BCUT2D eigenvalue weighted by Gasteiger charge is -2.17. The fourth-order valence-corrected chi connectivity index (χ4v) is 6.61. The third-order valence-corrected chi connectivity index (χ3v) is 8.55. The highest BCUT2D eigenvalue weighted by Gasteiger charge is 2.20. The summed E-state index contributed by atoms with van der Waals surface area (Å²) in [5.41, 5.74) is 16.1. The highest BCUT2D eigenvalue weighted by atomic mass is 15.0. The summed E-state index contributed by atoms with van der Waals surface area (Å²) in [6.07, 6.45) is 19.0. The van der Waals surface area contributed by atoms with E-state index in [4.69, 9.17) is 0 Å². The number of aryl methyl sites for hydroxylation is 3. The molecule has 1 aliphatic rings. The molecule has 2 heteroatoms. The minimum atomic E-state index is 1.10. The molecule has 0 N–H and O–H groups in total. The Morgan fingerprint density at radius 2 is 1.48 bits per heavy atom. The first-order valence-corrected chi connectivity index (χ1v) is 14.8. The molecule has 0 saturated heterocycles. The number of fused-ring (bicyclic) bond motifs is 3. The van der Waals surface area contributed by atoms with Crippen molar-refractivity contribution in [2.24, 2.45) is 0 Å². The highest BCUT2D eigenvalue weighted by Crippen LogP contribution is 2.37. The lowest BCUT2D eigenvalue weighted by Crippen LogP contribution is -2.02. The van der Waals surface area contributed by atoms with Crippen molar-refractivity contribution in [3.05, 3.63) is 143 Å². The Bertz CT molecular complexity index is 1950. The molecule has 0 bridgehead atoms. The molecule has 5 aromatic rings. The molecule has 1 aliphatic carbocycles. The Labute approximate surface area is 250 Å². The van der Waals surface area contributed by atoms with Crippen molar-refractivity contribution in [2.45, 2.75) is 40.5 Å². The quantitative estimate of drug-likeness (QED) is 0.180. The van der Waals surface area contributed by atoms with Gasteiger partial charge in [-0.1, -0.05) is 73.9 Å². The van der Waals surface area contributed by atoms with E-state index in [0.29, 0.717) is 0 Å². The van der Waals surface area contributed by atoms with E-state index in [9.17, 15) is 0 Å². The van der Waals surface area contributed by atoms with E-state index >= 15 is 0 Å². The molecule has 0 saturated carbocycles. The summed E-state index contributed by atoms with van der Waals surface area (Å²) >= 11 is 0. The van der Waals surface area contributed by atoms with Crippen LogP contribution in [0.15, 0.2) is 98.1 Å². The van der Waals surface area contributed by atoms with E-state index in [1.807, 2.05) is 18.2 Å². The SMILES string of the molecule is C=C/C=C\c1c(C)c(/C=C\C)c(C=C)n1-c1ccc(-c2ccc(-n3c4c(c5ccccc53)CCC=C4)cc2C)c(C)c1. The fourth-order valence-electron chi connectivity index (χ4n) is 6.61. The smallest absolute Gasteiger partial charge is 0.0537 e. The Morgan fingerprint density at radius 3 is 2.12 bits per heavy atom.